The number of amides is 2. The molecule has 0 spiro atoms. The Morgan fingerprint density at radius 3 is 2.77 bits per heavy atom. The van der Waals surface area contributed by atoms with E-state index in [0.717, 1.165) is 23.5 Å². The number of rotatable bonds is 3. The summed E-state index contributed by atoms with van der Waals surface area (Å²) in [6.45, 7) is 4.87. The molecule has 1 saturated heterocycles. The standard InChI is InChI=1S/C15H20N4O2S/c1-10(13-9-19-7-8-22-15(19)17-13)16-14(21)12-3-5-18(6-4-12)11(2)20/h7-10,12H,3-6H2,1-2H3,(H,16,21)/t10-/m1/s1. The van der Waals surface area contributed by atoms with Gasteiger partial charge in [0.05, 0.1) is 11.7 Å². The lowest BCUT2D eigenvalue weighted by Crippen LogP contribution is -2.42. The first kappa shape index (κ1) is 15.0. The summed E-state index contributed by atoms with van der Waals surface area (Å²) in [5.74, 6) is 0.138. The van der Waals surface area contributed by atoms with Gasteiger partial charge in [0.1, 0.15) is 0 Å². The molecular formula is C15H20N4O2S. The van der Waals surface area contributed by atoms with Gasteiger partial charge in [0.2, 0.25) is 11.8 Å². The van der Waals surface area contributed by atoms with E-state index in [1.165, 1.54) is 0 Å². The van der Waals surface area contributed by atoms with Crippen molar-refractivity contribution in [3.05, 3.63) is 23.5 Å². The summed E-state index contributed by atoms with van der Waals surface area (Å²) in [5, 5.41) is 5.03. The van der Waals surface area contributed by atoms with E-state index in [-0.39, 0.29) is 23.8 Å². The average Bonchev–Trinajstić information content (AvgIpc) is 3.08. The number of nitrogens with zero attached hydrogens (tertiary/aromatic N) is 3. The van der Waals surface area contributed by atoms with E-state index in [1.54, 1.807) is 23.2 Å². The third-order valence-corrected chi connectivity index (χ3v) is 5.00. The van der Waals surface area contributed by atoms with Crippen LogP contribution in [-0.2, 0) is 9.59 Å². The van der Waals surface area contributed by atoms with Crippen molar-refractivity contribution in [1.29, 1.82) is 0 Å². The van der Waals surface area contributed by atoms with Crippen LogP contribution >= 0.6 is 11.3 Å². The van der Waals surface area contributed by atoms with Crippen molar-refractivity contribution < 1.29 is 9.59 Å². The van der Waals surface area contributed by atoms with E-state index in [0.29, 0.717) is 13.1 Å². The molecule has 0 saturated carbocycles. The lowest BCUT2D eigenvalue weighted by Gasteiger charge is -2.31. The quantitative estimate of drug-likeness (QED) is 0.938. The Kier molecular flexibility index (Phi) is 4.15. The molecule has 1 atom stereocenters. The number of piperidine rings is 1. The van der Waals surface area contributed by atoms with Crippen molar-refractivity contribution in [1.82, 2.24) is 19.6 Å². The van der Waals surface area contributed by atoms with Crippen LogP contribution in [0.15, 0.2) is 17.8 Å². The number of likely N-dealkylation sites (tertiary alicyclic amines) is 1. The SMILES string of the molecule is CC(=O)N1CCC(C(=O)N[C@H](C)c2cn3ccsc3n2)CC1. The van der Waals surface area contributed by atoms with E-state index in [4.69, 9.17) is 0 Å². The number of aromatic nitrogens is 2. The van der Waals surface area contributed by atoms with E-state index in [1.807, 2.05) is 29.1 Å². The minimum Gasteiger partial charge on any atom is -0.348 e. The van der Waals surface area contributed by atoms with Crippen LogP contribution in [-0.4, -0.2) is 39.2 Å². The highest BCUT2D eigenvalue weighted by Gasteiger charge is 2.27. The van der Waals surface area contributed by atoms with E-state index in [9.17, 15) is 9.59 Å². The van der Waals surface area contributed by atoms with Gasteiger partial charge in [-0.1, -0.05) is 0 Å². The van der Waals surface area contributed by atoms with Crippen LogP contribution < -0.4 is 5.32 Å². The van der Waals surface area contributed by atoms with Gasteiger partial charge in [-0.15, -0.1) is 11.3 Å². The molecule has 2 aromatic rings. The molecule has 1 N–H and O–H groups in total. The van der Waals surface area contributed by atoms with Gasteiger partial charge in [0, 0.05) is 43.7 Å². The van der Waals surface area contributed by atoms with Gasteiger partial charge in [-0.3, -0.25) is 14.0 Å². The molecule has 0 radical (unpaired) electrons. The highest BCUT2D eigenvalue weighted by molar-refractivity contribution is 7.15. The lowest BCUT2D eigenvalue weighted by atomic mass is 9.95. The molecule has 0 unspecified atom stereocenters. The summed E-state index contributed by atoms with van der Waals surface area (Å²) < 4.78 is 1.97. The van der Waals surface area contributed by atoms with Crippen molar-refractivity contribution in [3.63, 3.8) is 0 Å². The molecule has 118 valence electrons. The second-order valence-electron chi connectivity index (χ2n) is 5.77. The van der Waals surface area contributed by atoms with Crippen molar-refractivity contribution in [2.45, 2.75) is 32.7 Å². The van der Waals surface area contributed by atoms with E-state index in [2.05, 4.69) is 10.3 Å². The zero-order valence-electron chi connectivity index (χ0n) is 12.8. The Labute approximate surface area is 133 Å². The van der Waals surface area contributed by atoms with Gasteiger partial charge in [0.15, 0.2) is 4.96 Å². The number of nitrogens with one attached hydrogen (secondary N) is 1. The van der Waals surface area contributed by atoms with Crippen LogP contribution in [0.1, 0.15) is 38.4 Å². The maximum atomic E-state index is 12.4. The normalized spacial score (nSPS) is 17.6. The number of hydrogen-bond donors (Lipinski definition) is 1. The van der Waals surface area contributed by atoms with Crippen molar-refractivity contribution >= 4 is 28.1 Å². The molecule has 6 nitrogen and oxygen atoms in total. The number of fused-ring (bicyclic) bond motifs is 1. The first-order valence-corrected chi connectivity index (χ1v) is 8.40. The smallest absolute Gasteiger partial charge is 0.223 e. The number of carbonyl (C=O) groups is 2. The van der Waals surface area contributed by atoms with E-state index < -0.39 is 0 Å². The first-order valence-electron chi connectivity index (χ1n) is 7.52. The van der Waals surface area contributed by atoms with Gasteiger partial charge < -0.3 is 10.2 Å². The van der Waals surface area contributed by atoms with Crippen LogP contribution in [0, 0.1) is 5.92 Å². The largest absolute Gasteiger partial charge is 0.348 e. The Bertz CT molecular complexity index is 656. The van der Waals surface area contributed by atoms with Crippen LogP contribution in [0.2, 0.25) is 0 Å². The van der Waals surface area contributed by atoms with Crippen LogP contribution in [0.5, 0.6) is 0 Å². The average molecular weight is 320 g/mol. The van der Waals surface area contributed by atoms with Gasteiger partial charge in [-0.25, -0.2) is 4.98 Å². The number of hydrogen-bond acceptors (Lipinski definition) is 4. The summed E-state index contributed by atoms with van der Waals surface area (Å²) in [7, 11) is 0. The molecule has 22 heavy (non-hydrogen) atoms. The summed E-state index contributed by atoms with van der Waals surface area (Å²) in [5.41, 5.74) is 0.876. The maximum Gasteiger partial charge on any atom is 0.223 e. The molecule has 1 fully saturated rings. The first-order chi connectivity index (χ1) is 10.5. The Balaban J connectivity index is 1.57. The molecule has 2 aromatic heterocycles. The maximum absolute atomic E-state index is 12.4. The minimum atomic E-state index is -0.106. The Hall–Kier alpha value is -1.89. The van der Waals surface area contributed by atoms with Crippen LogP contribution in [0.4, 0.5) is 0 Å². The monoisotopic (exact) mass is 320 g/mol. The number of thiazole rings is 1. The van der Waals surface area contributed by atoms with Crippen LogP contribution in [0.3, 0.4) is 0 Å². The highest BCUT2D eigenvalue weighted by atomic mass is 32.1. The van der Waals surface area contributed by atoms with E-state index >= 15 is 0 Å². The summed E-state index contributed by atoms with van der Waals surface area (Å²) in [6.07, 6.45) is 5.38. The predicted molar refractivity (Wildman–Crippen MR) is 84.6 cm³/mol. The third-order valence-electron chi connectivity index (χ3n) is 4.23. The molecule has 2 amide bonds. The van der Waals surface area contributed by atoms with Gasteiger partial charge in [0.25, 0.3) is 0 Å². The molecule has 1 aliphatic rings. The summed E-state index contributed by atoms with van der Waals surface area (Å²) >= 11 is 1.58. The zero-order chi connectivity index (χ0) is 15.7. The van der Waals surface area contributed by atoms with Gasteiger partial charge in [-0.2, -0.15) is 0 Å². The highest BCUT2D eigenvalue weighted by Crippen LogP contribution is 2.20. The molecular weight excluding hydrogens is 300 g/mol. The summed E-state index contributed by atoms with van der Waals surface area (Å²) in [4.78, 5) is 30.9. The molecule has 7 heteroatoms. The fraction of sp³-hybridized carbons (Fsp3) is 0.533. The molecule has 1 aliphatic heterocycles. The third kappa shape index (κ3) is 2.99. The fourth-order valence-electron chi connectivity index (χ4n) is 2.82. The number of imidazole rings is 1. The van der Waals surface area contributed by atoms with Gasteiger partial charge in [-0.05, 0) is 19.8 Å². The Morgan fingerprint density at radius 2 is 2.14 bits per heavy atom. The molecule has 0 bridgehead atoms. The summed E-state index contributed by atoms with van der Waals surface area (Å²) in [6, 6.07) is -0.106. The number of carbonyl (C=O) groups excluding carboxylic acids is 2. The van der Waals surface area contributed by atoms with Crippen molar-refractivity contribution in [2.75, 3.05) is 13.1 Å². The Morgan fingerprint density at radius 1 is 1.41 bits per heavy atom. The molecule has 3 rings (SSSR count). The van der Waals surface area contributed by atoms with Crippen molar-refractivity contribution in [2.24, 2.45) is 5.92 Å². The topological polar surface area (TPSA) is 66.7 Å². The lowest BCUT2D eigenvalue weighted by molar-refractivity contribution is -0.134. The molecule has 0 aromatic carbocycles. The predicted octanol–water partition coefficient (Wildman–Crippen LogP) is 1.83. The zero-order valence-corrected chi connectivity index (χ0v) is 13.6. The fourth-order valence-corrected chi connectivity index (χ4v) is 3.52. The van der Waals surface area contributed by atoms with Crippen molar-refractivity contribution in [3.8, 4) is 0 Å². The van der Waals surface area contributed by atoms with Crippen LogP contribution in [0.25, 0.3) is 4.96 Å². The minimum absolute atomic E-state index is 0.0122. The van der Waals surface area contributed by atoms with Gasteiger partial charge >= 0.3 is 0 Å². The molecule has 3 heterocycles. The second-order valence-corrected chi connectivity index (χ2v) is 6.64. The second kappa shape index (κ2) is 6.08. The molecule has 0 aliphatic carbocycles.